The topological polar surface area (TPSA) is 28.7 Å². The second-order valence-corrected chi connectivity index (χ2v) is 3.01. The lowest BCUT2D eigenvalue weighted by molar-refractivity contribution is 0.581. The zero-order valence-corrected chi connectivity index (χ0v) is 7.75. The second kappa shape index (κ2) is 4.30. The van der Waals surface area contributed by atoms with E-state index in [1.807, 2.05) is 0 Å². The van der Waals surface area contributed by atoms with Gasteiger partial charge >= 0.3 is 0 Å². The summed E-state index contributed by atoms with van der Waals surface area (Å²) in [5.74, 6) is -0.294. The molecule has 1 N–H and O–H groups in total. The minimum atomic E-state index is -0.294. The lowest BCUT2D eigenvalue weighted by Gasteiger charge is -2.00. The molecule has 0 unspecified atom stereocenters. The summed E-state index contributed by atoms with van der Waals surface area (Å²) in [6.45, 7) is 2.06. The molecule has 0 aliphatic heterocycles. The highest BCUT2D eigenvalue weighted by Gasteiger charge is 2.00. The molecule has 1 aromatic rings. The SMILES string of the molecule is CCCCc1[nH]c(=S)ncc1F. The maximum absolute atomic E-state index is 13.0. The van der Waals surface area contributed by atoms with Crippen molar-refractivity contribution in [3.05, 3.63) is 22.5 Å². The van der Waals surface area contributed by atoms with Gasteiger partial charge in [-0.1, -0.05) is 13.3 Å². The first kappa shape index (κ1) is 9.32. The van der Waals surface area contributed by atoms with Crippen LogP contribution in [0.3, 0.4) is 0 Å². The van der Waals surface area contributed by atoms with Crippen LogP contribution in [0.2, 0.25) is 0 Å². The van der Waals surface area contributed by atoms with E-state index in [0.717, 1.165) is 12.8 Å². The molecule has 0 aliphatic carbocycles. The second-order valence-electron chi connectivity index (χ2n) is 2.62. The van der Waals surface area contributed by atoms with Crippen LogP contribution in [0.1, 0.15) is 25.5 Å². The van der Waals surface area contributed by atoms with Gasteiger partial charge in [0.15, 0.2) is 10.6 Å². The number of nitrogens with zero attached hydrogens (tertiary/aromatic N) is 1. The number of aryl methyl sites for hydroxylation is 1. The van der Waals surface area contributed by atoms with Crippen LogP contribution in [0.15, 0.2) is 6.20 Å². The Labute approximate surface area is 75.9 Å². The molecule has 2 nitrogen and oxygen atoms in total. The highest BCUT2D eigenvalue weighted by atomic mass is 32.1. The number of unbranched alkanes of at least 4 members (excludes halogenated alkanes) is 1. The van der Waals surface area contributed by atoms with Crippen LogP contribution < -0.4 is 0 Å². The van der Waals surface area contributed by atoms with Crippen molar-refractivity contribution < 1.29 is 4.39 Å². The summed E-state index contributed by atoms with van der Waals surface area (Å²) in [5.41, 5.74) is 0.567. The maximum Gasteiger partial charge on any atom is 0.197 e. The van der Waals surface area contributed by atoms with Crippen molar-refractivity contribution in [3.8, 4) is 0 Å². The number of nitrogens with one attached hydrogen (secondary N) is 1. The number of hydrogen-bond donors (Lipinski definition) is 1. The molecule has 1 rings (SSSR count). The molecule has 4 heteroatoms. The Balaban J connectivity index is 2.82. The minimum absolute atomic E-state index is 0.294. The summed E-state index contributed by atoms with van der Waals surface area (Å²) in [6, 6.07) is 0. The Morgan fingerprint density at radius 1 is 1.67 bits per heavy atom. The van der Waals surface area contributed by atoms with E-state index in [4.69, 9.17) is 12.2 Å². The van der Waals surface area contributed by atoms with Gasteiger partial charge in [0, 0.05) is 0 Å². The van der Waals surface area contributed by atoms with Crippen LogP contribution in [0.25, 0.3) is 0 Å². The molecule has 1 aromatic heterocycles. The van der Waals surface area contributed by atoms with Gasteiger partial charge < -0.3 is 4.98 Å². The van der Waals surface area contributed by atoms with Crippen molar-refractivity contribution in [2.24, 2.45) is 0 Å². The first-order chi connectivity index (χ1) is 5.74. The van der Waals surface area contributed by atoms with Crippen LogP contribution in [0, 0.1) is 10.6 Å². The summed E-state index contributed by atoms with van der Waals surface area (Å²) < 4.78 is 13.3. The molecule has 0 spiro atoms. The summed E-state index contributed by atoms with van der Waals surface area (Å²) >= 11 is 4.78. The summed E-state index contributed by atoms with van der Waals surface area (Å²) in [7, 11) is 0. The number of aromatic amines is 1. The van der Waals surface area contributed by atoms with E-state index >= 15 is 0 Å². The maximum atomic E-state index is 13.0. The quantitative estimate of drug-likeness (QED) is 0.735. The predicted molar refractivity (Wildman–Crippen MR) is 48.0 cm³/mol. The Morgan fingerprint density at radius 2 is 2.42 bits per heavy atom. The lowest BCUT2D eigenvalue weighted by Crippen LogP contribution is -1.97. The Bertz CT molecular complexity index is 308. The fourth-order valence-electron chi connectivity index (χ4n) is 0.950. The fraction of sp³-hybridized carbons (Fsp3) is 0.500. The highest BCUT2D eigenvalue weighted by Crippen LogP contribution is 2.05. The molecular formula is C8H11FN2S. The van der Waals surface area contributed by atoms with Gasteiger partial charge in [0.1, 0.15) is 0 Å². The molecule has 0 atom stereocenters. The largest absolute Gasteiger partial charge is 0.332 e. The van der Waals surface area contributed by atoms with Crippen LogP contribution in [0.4, 0.5) is 4.39 Å². The molecule has 0 fully saturated rings. The standard InChI is InChI=1S/C8H11FN2S/c1-2-3-4-7-6(9)5-10-8(12)11-7/h5H,2-4H2,1H3,(H,10,11,12). The zero-order valence-electron chi connectivity index (χ0n) is 6.93. The van der Waals surface area contributed by atoms with Crippen molar-refractivity contribution in [1.29, 1.82) is 0 Å². The molecule has 0 saturated carbocycles. The van der Waals surface area contributed by atoms with Crippen molar-refractivity contribution in [3.63, 3.8) is 0 Å². The number of hydrogen-bond acceptors (Lipinski definition) is 2. The monoisotopic (exact) mass is 186 g/mol. The van der Waals surface area contributed by atoms with Crippen molar-refractivity contribution in [2.75, 3.05) is 0 Å². The average molecular weight is 186 g/mol. The first-order valence-corrected chi connectivity index (χ1v) is 4.38. The van der Waals surface area contributed by atoms with Crippen LogP contribution in [0.5, 0.6) is 0 Å². The third-order valence-electron chi connectivity index (χ3n) is 1.62. The third kappa shape index (κ3) is 2.37. The number of aromatic nitrogens is 2. The van der Waals surface area contributed by atoms with E-state index in [-0.39, 0.29) is 5.82 Å². The predicted octanol–water partition coefficient (Wildman–Crippen LogP) is 2.62. The van der Waals surface area contributed by atoms with Gasteiger partial charge in [-0.2, -0.15) is 0 Å². The van der Waals surface area contributed by atoms with Crippen LogP contribution in [-0.2, 0) is 6.42 Å². The first-order valence-electron chi connectivity index (χ1n) is 3.97. The highest BCUT2D eigenvalue weighted by molar-refractivity contribution is 7.71. The van der Waals surface area contributed by atoms with Gasteiger partial charge in [0.25, 0.3) is 0 Å². The van der Waals surface area contributed by atoms with Crippen molar-refractivity contribution >= 4 is 12.2 Å². The Hall–Kier alpha value is -0.770. The molecule has 0 bridgehead atoms. The normalized spacial score (nSPS) is 10.2. The van der Waals surface area contributed by atoms with Gasteiger partial charge in [0.05, 0.1) is 11.9 Å². The van der Waals surface area contributed by atoms with Crippen LogP contribution in [-0.4, -0.2) is 9.97 Å². The molecule has 12 heavy (non-hydrogen) atoms. The third-order valence-corrected chi connectivity index (χ3v) is 1.83. The lowest BCUT2D eigenvalue weighted by atomic mass is 10.2. The molecular weight excluding hydrogens is 175 g/mol. The van der Waals surface area contributed by atoms with E-state index in [9.17, 15) is 4.39 Å². The average Bonchev–Trinajstić information content (AvgIpc) is 2.07. The van der Waals surface area contributed by atoms with Gasteiger partial charge in [-0.15, -0.1) is 0 Å². The van der Waals surface area contributed by atoms with Gasteiger partial charge in [-0.05, 0) is 25.1 Å². The Kier molecular flexibility index (Phi) is 3.34. The van der Waals surface area contributed by atoms with Gasteiger partial charge in [-0.3, -0.25) is 0 Å². The fourth-order valence-corrected chi connectivity index (χ4v) is 1.13. The number of H-pyrrole nitrogens is 1. The Morgan fingerprint density at radius 3 is 3.08 bits per heavy atom. The molecule has 66 valence electrons. The number of halogens is 1. The molecule has 1 heterocycles. The van der Waals surface area contributed by atoms with Gasteiger partial charge in [-0.25, -0.2) is 9.37 Å². The minimum Gasteiger partial charge on any atom is -0.332 e. The van der Waals surface area contributed by atoms with E-state index < -0.39 is 0 Å². The van der Waals surface area contributed by atoms with Crippen LogP contribution >= 0.6 is 12.2 Å². The molecule has 0 radical (unpaired) electrons. The van der Waals surface area contributed by atoms with E-state index in [2.05, 4.69) is 16.9 Å². The summed E-state index contributed by atoms with van der Waals surface area (Å²) in [5, 5.41) is 0. The van der Waals surface area contributed by atoms with E-state index in [1.165, 1.54) is 6.20 Å². The summed E-state index contributed by atoms with van der Waals surface area (Å²) in [4.78, 5) is 6.37. The molecule has 0 saturated heterocycles. The smallest absolute Gasteiger partial charge is 0.197 e. The van der Waals surface area contributed by atoms with E-state index in [0.29, 0.717) is 16.9 Å². The molecule has 0 aliphatic rings. The number of rotatable bonds is 3. The van der Waals surface area contributed by atoms with Gasteiger partial charge in [0.2, 0.25) is 0 Å². The molecule has 0 amide bonds. The van der Waals surface area contributed by atoms with Crippen molar-refractivity contribution in [1.82, 2.24) is 9.97 Å². The molecule has 0 aromatic carbocycles. The van der Waals surface area contributed by atoms with Crippen molar-refractivity contribution in [2.45, 2.75) is 26.2 Å². The summed E-state index contributed by atoms with van der Waals surface area (Å²) in [6.07, 6.45) is 3.88. The zero-order chi connectivity index (χ0) is 8.97. The van der Waals surface area contributed by atoms with E-state index in [1.54, 1.807) is 0 Å².